The fraction of sp³-hybridized carbons (Fsp3) is 0.0357. The normalized spacial score (nSPS) is 11.3. The minimum absolute atomic E-state index is 0.131. The van der Waals surface area contributed by atoms with Crippen molar-refractivity contribution in [3.63, 3.8) is 0 Å². The number of ketones is 1. The number of halogens is 2. The van der Waals surface area contributed by atoms with E-state index in [9.17, 15) is 4.79 Å². The van der Waals surface area contributed by atoms with Crippen molar-refractivity contribution in [2.24, 2.45) is 0 Å². The maximum atomic E-state index is 13.0. The Labute approximate surface area is 217 Å². The highest BCUT2D eigenvalue weighted by atomic mass is 35.5. The molecule has 0 atom stereocenters. The van der Waals surface area contributed by atoms with E-state index in [1.807, 2.05) is 84.4 Å². The molecule has 0 saturated carbocycles. The summed E-state index contributed by atoms with van der Waals surface area (Å²) in [7, 11) is 0. The lowest BCUT2D eigenvalue weighted by atomic mass is 10.1. The Bertz CT molecular complexity index is 1540. The summed E-state index contributed by atoms with van der Waals surface area (Å²) in [5, 5.41) is 6.41. The Hall–Kier alpha value is -3.51. The zero-order valence-corrected chi connectivity index (χ0v) is 21.0. The van der Waals surface area contributed by atoms with E-state index in [4.69, 9.17) is 33.3 Å². The lowest BCUT2D eigenvalue weighted by molar-refractivity contribution is 0.105. The van der Waals surface area contributed by atoms with E-state index in [2.05, 4.69) is 0 Å². The average molecular weight is 516 g/mol. The van der Waals surface area contributed by atoms with Gasteiger partial charge in [-0.25, -0.2) is 9.67 Å². The van der Waals surface area contributed by atoms with Crippen LogP contribution in [0.15, 0.2) is 91.0 Å². The Morgan fingerprint density at radius 3 is 2.26 bits per heavy atom. The number of nitrogens with zero attached hydrogens (tertiary/aromatic N) is 3. The number of hydrogen-bond donors (Lipinski definition) is 0. The lowest BCUT2D eigenvalue weighted by Gasteiger charge is -2.03. The maximum Gasteiger partial charge on any atom is 0.211 e. The van der Waals surface area contributed by atoms with Gasteiger partial charge < -0.3 is 0 Å². The molecule has 172 valence electrons. The average Bonchev–Trinajstić information content (AvgIpc) is 3.50. The van der Waals surface area contributed by atoms with Gasteiger partial charge in [0.1, 0.15) is 0 Å². The van der Waals surface area contributed by atoms with Gasteiger partial charge >= 0.3 is 0 Å². The molecule has 0 aliphatic heterocycles. The van der Waals surface area contributed by atoms with E-state index in [1.54, 1.807) is 18.2 Å². The summed E-state index contributed by atoms with van der Waals surface area (Å²) in [5.74, 6) is -0.131. The van der Waals surface area contributed by atoms with Gasteiger partial charge in [0.25, 0.3) is 0 Å². The molecule has 0 saturated heterocycles. The molecule has 0 spiro atoms. The monoisotopic (exact) mass is 515 g/mol. The van der Waals surface area contributed by atoms with Crippen LogP contribution in [0.2, 0.25) is 10.0 Å². The van der Waals surface area contributed by atoms with Crippen LogP contribution in [0.25, 0.3) is 33.7 Å². The van der Waals surface area contributed by atoms with Crippen molar-refractivity contribution in [1.29, 1.82) is 0 Å². The van der Waals surface area contributed by atoms with E-state index in [1.165, 1.54) is 17.4 Å². The van der Waals surface area contributed by atoms with Crippen molar-refractivity contribution in [3.8, 4) is 27.6 Å². The summed E-state index contributed by atoms with van der Waals surface area (Å²) in [6, 6.07) is 27.3. The minimum atomic E-state index is -0.131. The van der Waals surface area contributed by atoms with Crippen molar-refractivity contribution < 1.29 is 4.79 Å². The van der Waals surface area contributed by atoms with Crippen molar-refractivity contribution in [3.05, 3.63) is 117 Å². The summed E-state index contributed by atoms with van der Waals surface area (Å²) >= 11 is 13.4. The van der Waals surface area contributed by atoms with Crippen molar-refractivity contribution in [2.75, 3.05) is 0 Å². The Morgan fingerprint density at radius 2 is 1.57 bits per heavy atom. The van der Waals surface area contributed by atoms with Gasteiger partial charge in [-0.15, -0.1) is 0 Å². The molecule has 0 aliphatic carbocycles. The van der Waals surface area contributed by atoms with Gasteiger partial charge in [0.15, 0.2) is 5.78 Å². The van der Waals surface area contributed by atoms with Crippen LogP contribution in [-0.4, -0.2) is 20.5 Å². The number of benzene rings is 3. The molecule has 0 N–H and O–H groups in total. The van der Waals surface area contributed by atoms with Crippen LogP contribution in [0.1, 0.15) is 20.9 Å². The fourth-order valence-electron chi connectivity index (χ4n) is 3.66. The number of aromatic nitrogens is 3. The van der Waals surface area contributed by atoms with Crippen LogP contribution in [0.3, 0.4) is 0 Å². The molecule has 0 unspecified atom stereocenters. The molecule has 0 fully saturated rings. The number of rotatable bonds is 6. The molecule has 0 aliphatic rings. The SMILES string of the molecule is Cc1nc(-n2nc(-c3ccccc3)cc2-c2ccccc2)sc1C(=O)/C=C/c1ccc(Cl)c(Cl)c1. The number of carbonyl (C=O) groups excluding carboxylic acids is 1. The van der Waals surface area contributed by atoms with Crippen LogP contribution in [0.4, 0.5) is 0 Å². The van der Waals surface area contributed by atoms with Crippen LogP contribution >= 0.6 is 34.5 Å². The van der Waals surface area contributed by atoms with Gasteiger partial charge in [-0.05, 0) is 36.8 Å². The third kappa shape index (κ3) is 4.98. The third-order valence-corrected chi connectivity index (χ3v) is 7.30. The summed E-state index contributed by atoms with van der Waals surface area (Å²) in [4.78, 5) is 18.3. The van der Waals surface area contributed by atoms with Gasteiger partial charge in [-0.2, -0.15) is 5.10 Å². The Kier molecular flexibility index (Phi) is 6.64. The number of carbonyl (C=O) groups is 1. The maximum absolute atomic E-state index is 13.0. The van der Waals surface area contributed by atoms with E-state index in [-0.39, 0.29) is 5.78 Å². The van der Waals surface area contributed by atoms with Crippen LogP contribution in [0, 0.1) is 6.92 Å². The number of allylic oxidation sites excluding steroid dienone is 1. The number of aryl methyl sites for hydroxylation is 1. The second-order valence-corrected chi connectivity index (χ2v) is 9.63. The molecule has 0 radical (unpaired) electrons. The quantitative estimate of drug-likeness (QED) is 0.169. The van der Waals surface area contributed by atoms with Gasteiger partial charge in [-0.3, -0.25) is 4.79 Å². The largest absolute Gasteiger partial charge is 0.288 e. The Morgan fingerprint density at radius 1 is 0.886 bits per heavy atom. The minimum Gasteiger partial charge on any atom is -0.288 e. The molecule has 0 bridgehead atoms. The summed E-state index contributed by atoms with van der Waals surface area (Å²) in [6.45, 7) is 1.84. The highest BCUT2D eigenvalue weighted by Gasteiger charge is 2.19. The summed E-state index contributed by atoms with van der Waals surface area (Å²) < 4.78 is 1.81. The first-order valence-corrected chi connectivity index (χ1v) is 12.4. The van der Waals surface area contributed by atoms with Gasteiger partial charge in [0, 0.05) is 11.1 Å². The molecular formula is C28H19Cl2N3OS. The van der Waals surface area contributed by atoms with Crippen LogP contribution < -0.4 is 0 Å². The first kappa shape index (κ1) is 23.2. The third-order valence-electron chi connectivity index (χ3n) is 5.41. The van der Waals surface area contributed by atoms with Crippen molar-refractivity contribution in [1.82, 2.24) is 14.8 Å². The molecule has 5 rings (SSSR count). The first-order chi connectivity index (χ1) is 17.0. The molecule has 4 nitrogen and oxygen atoms in total. The topological polar surface area (TPSA) is 47.8 Å². The van der Waals surface area contributed by atoms with E-state index in [0.717, 1.165) is 28.1 Å². The van der Waals surface area contributed by atoms with Crippen LogP contribution in [-0.2, 0) is 0 Å². The van der Waals surface area contributed by atoms with Crippen molar-refractivity contribution in [2.45, 2.75) is 6.92 Å². The molecular weight excluding hydrogens is 497 g/mol. The second kappa shape index (κ2) is 10.0. The Balaban J connectivity index is 1.52. The molecule has 7 heteroatoms. The highest BCUT2D eigenvalue weighted by molar-refractivity contribution is 7.16. The van der Waals surface area contributed by atoms with Gasteiger partial charge in [0.2, 0.25) is 5.13 Å². The molecule has 3 aromatic carbocycles. The summed E-state index contributed by atoms with van der Waals surface area (Å²) in [5.41, 5.74) is 5.22. The molecule has 5 aromatic rings. The predicted molar refractivity (Wildman–Crippen MR) is 145 cm³/mol. The molecule has 2 aromatic heterocycles. The lowest BCUT2D eigenvalue weighted by Crippen LogP contribution is -1.98. The van der Waals surface area contributed by atoms with Crippen LogP contribution in [0.5, 0.6) is 0 Å². The zero-order chi connectivity index (χ0) is 24.4. The van der Waals surface area contributed by atoms with E-state index >= 15 is 0 Å². The number of hydrogen-bond acceptors (Lipinski definition) is 4. The van der Waals surface area contributed by atoms with Crippen molar-refractivity contribution >= 4 is 46.4 Å². The molecule has 35 heavy (non-hydrogen) atoms. The second-order valence-electron chi connectivity index (χ2n) is 7.84. The predicted octanol–water partition coefficient (Wildman–Crippen LogP) is 8.17. The number of thiazole rings is 1. The van der Waals surface area contributed by atoms with E-state index < -0.39 is 0 Å². The molecule has 2 heterocycles. The zero-order valence-electron chi connectivity index (χ0n) is 18.7. The standard InChI is InChI=1S/C28H19Cl2N3OS/c1-18-27(26(34)15-13-19-12-14-22(29)23(30)16-19)35-28(31-18)33-25(21-10-6-3-7-11-21)17-24(32-33)20-8-4-2-5-9-20/h2-17H,1H3/b15-13+. The summed E-state index contributed by atoms with van der Waals surface area (Å²) in [6.07, 6.45) is 3.25. The first-order valence-electron chi connectivity index (χ1n) is 10.9. The molecule has 0 amide bonds. The van der Waals surface area contributed by atoms with E-state index in [0.29, 0.717) is 25.7 Å². The van der Waals surface area contributed by atoms with Gasteiger partial charge in [0.05, 0.1) is 32.0 Å². The van der Waals surface area contributed by atoms with Gasteiger partial charge in [-0.1, -0.05) is 107 Å². The smallest absolute Gasteiger partial charge is 0.211 e. The fourth-order valence-corrected chi connectivity index (χ4v) is 4.92. The highest BCUT2D eigenvalue weighted by Crippen LogP contribution is 2.31.